The number of piperazine rings is 1. The molecule has 1 aliphatic rings. The topological polar surface area (TPSA) is 117 Å². The Balaban J connectivity index is 1.90. The van der Waals surface area contributed by atoms with Crippen LogP contribution in [0.15, 0.2) is 12.3 Å². The van der Waals surface area contributed by atoms with E-state index in [1.54, 1.807) is 17.9 Å². The molecule has 3 N–H and O–H groups in total. The van der Waals surface area contributed by atoms with Crippen LogP contribution in [0.2, 0.25) is 0 Å². The van der Waals surface area contributed by atoms with Crippen LogP contribution in [0.5, 0.6) is 0 Å². The van der Waals surface area contributed by atoms with Crippen LogP contribution in [0.4, 0.5) is 4.79 Å². The van der Waals surface area contributed by atoms with E-state index < -0.39 is 18.0 Å². The highest BCUT2D eigenvalue weighted by atomic mass is 16.4. The highest BCUT2D eigenvalue weighted by molar-refractivity contribution is 5.90. The number of aryl methyl sites for hydroxylation is 1. The number of carboxylic acid groups (broad SMARTS) is 1. The normalized spacial score (nSPS) is 18.2. The fraction of sp³-hybridized carbons (Fsp3) is 0.500. The number of nitrogens with one attached hydrogen (secondary N) is 2. The summed E-state index contributed by atoms with van der Waals surface area (Å²) in [5.74, 6) is -1.51. The molecule has 9 heteroatoms. The Hall–Kier alpha value is -2.58. The molecular weight excluding hydrogens is 278 g/mol. The van der Waals surface area contributed by atoms with E-state index in [2.05, 4.69) is 15.7 Å². The maximum absolute atomic E-state index is 12.0. The Morgan fingerprint density at radius 2 is 2.33 bits per heavy atom. The highest BCUT2D eigenvalue weighted by Gasteiger charge is 2.34. The number of rotatable bonds is 4. The maximum atomic E-state index is 12.0. The van der Waals surface area contributed by atoms with E-state index in [1.165, 1.54) is 0 Å². The summed E-state index contributed by atoms with van der Waals surface area (Å²) in [5.41, 5.74) is 0.946. The van der Waals surface area contributed by atoms with Crippen molar-refractivity contribution in [3.05, 3.63) is 18.0 Å². The van der Waals surface area contributed by atoms with Gasteiger partial charge in [-0.3, -0.25) is 14.4 Å². The lowest BCUT2D eigenvalue weighted by Gasteiger charge is -2.32. The molecule has 1 aliphatic heterocycles. The van der Waals surface area contributed by atoms with Crippen LogP contribution >= 0.6 is 0 Å². The summed E-state index contributed by atoms with van der Waals surface area (Å²) >= 11 is 0. The van der Waals surface area contributed by atoms with E-state index in [0.717, 1.165) is 10.6 Å². The van der Waals surface area contributed by atoms with Crippen LogP contribution in [0.25, 0.3) is 0 Å². The number of aliphatic carboxylic acids is 1. The molecule has 0 bridgehead atoms. The van der Waals surface area contributed by atoms with Gasteiger partial charge in [0.2, 0.25) is 5.91 Å². The molecule has 0 spiro atoms. The average Bonchev–Trinajstić information content (AvgIpc) is 2.84. The van der Waals surface area contributed by atoms with Gasteiger partial charge in [0.25, 0.3) is 0 Å². The van der Waals surface area contributed by atoms with Gasteiger partial charge in [-0.25, -0.2) is 9.59 Å². The lowest BCUT2D eigenvalue weighted by atomic mass is 10.2. The van der Waals surface area contributed by atoms with Gasteiger partial charge in [-0.1, -0.05) is 0 Å². The van der Waals surface area contributed by atoms with Gasteiger partial charge >= 0.3 is 12.0 Å². The molecule has 114 valence electrons. The van der Waals surface area contributed by atoms with Gasteiger partial charge in [-0.2, -0.15) is 5.10 Å². The van der Waals surface area contributed by atoms with Crippen molar-refractivity contribution in [2.24, 2.45) is 7.05 Å². The van der Waals surface area contributed by atoms with Crippen molar-refractivity contribution in [3.8, 4) is 0 Å². The van der Waals surface area contributed by atoms with Crippen molar-refractivity contribution < 1.29 is 19.5 Å². The smallest absolute Gasteiger partial charge is 0.328 e. The van der Waals surface area contributed by atoms with Crippen LogP contribution in [-0.2, 0) is 23.1 Å². The third kappa shape index (κ3) is 3.50. The molecule has 0 radical (unpaired) electrons. The van der Waals surface area contributed by atoms with Gasteiger partial charge in [-0.15, -0.1) is 0 Å². The van der Waals surface area contributed by atoms with Gasteiger partial charge in [0.15, 0.2) is 0 Å². The first-order valence-electron chi connectivity index (χ1n) is 6.50. The van der Waals surface area contributed by atoms with E-state index in [4.69, 9.17) is 5.11 Å². The molecule has 21 heavy (non-hydrogen) atoms. The van der Waals surface area contributed by atoms with Crippen molar-refractivity contribution in [1.82, 2.24) is 25.3 Å². The van der Waals surface area contributed by atoms with Crippen molar-refractivity contribution in [2.75, 3.05) is 19.6 Å². The molecule has 9 nitrogen and oxygen atoms in total. The number of carbonyl (C=O) groups is 3. The zero-order valence-electron chi connectivity index (χ0n) is 11.6. The highest BCUT2D eigenvalue weighted by Crippen LogP contribution is 2.05. The van der Waals surface area contributed by atoms with Crippen LogP contribution in [-0.4, -0.2) is 63.4 Å². The fourth-order valence-corrected chi connectivity index (χ4v) is 2.12. The molecule has 1 aromatic rings. The van der Waals surface area contributed by atoms with Crippen molar-refractivity contribution in [2.45, 2.75) is 12.5 Å². The summed E-state index contributed by atoms with van der Waals surface area (Å²) in [6.45, 7) is 0.000647. The van der Waals surface area contributed by atoms with Crippen molar-refractivity contribution in [3.63, 3.8) is 0 Å². The largest absolute Gasteiger partial charge is 0.480 e. The first kappa shape index (κ1) is 14.8. The Morgan fingerprint density at radius 3 is 2.95 bits per heavy atom. The van der Waals surface area contributed by atoms with Crippen LogP contribution in [0.1, 0.15) is 5.69 Å². The summed E-state index contributed by atoms with van der Waals surface area (Å²) in [7, 11) is 1.80. The van der Waals surface area contributed by atoms with Gasteiger partial charge in [0.05, 0.1) is 0 Å². The number of amides is 3. The SMILES string of the molecule is Cn1nccc1CCNC(=O)N1CC(=O)NCC1C(=O)O. The van der Waals surface area contributed by atoms with E-state index in [0.29, 0.717) is 13.0 Å². The lowest BCUT2D eigenvalue weighted by Crippen LogP contribution is -2.61. The van der Waals surface area contributed by atoms with E-state index in [-0.39, 0.29) is 19.0 Å². The maximum Gasteiger partial charge on any atom is 0.328 e. The Morgan fingerprint density at radius 1 is 1.57 bits per heavy atom. The molecule has 1 saturated heterocycles. The lowest BCUT2D eigenvalue weighted by molar-refractivity contribution is -0.144. The Labute approximate surface area is 120 Å². The summed E-state index contributed by atoms with van der Waals surface area (Å²) in [6.07, 6.45) is 2.23. The summed E-state index contributed by atoms with van der Waals surface area (Å²) in [4.78, 5) is 35.5. The van der Waals surface area contributed by atoms with Gasteiger partial charge < -0.3 is 15.7 Å². The van der Waals surface area contributed by atoms with E-state index in [9.17, 15) is 14.4 Å². The minimum atomic E-state index is -1.14. The van der Waals surface area contributed by atoms with Crippen LogP contribution < -0.4 is 10.6 Å². The predicted octanol–water partition coefficient (Wildman–Crippen LogP) is -1.44. The summed E-state index contributed by atoms with van der Waals surface area (Å²) in [6, 6.07) is 0.236. The number of hydrogen-bond acceptors (Lipinski definition) is 4. The number of aromatic nitrogens is 2. The number of carboxylic acids is 1. The van der Waals surface area contributed by atoms with Gasteiger partial charge in [-0.05, 0) is 6.07 Å². The number of carbonyl (C=O) groups excluding carboxylic acids is 2. The zero-order valence-corrected chi connectivity index (χ0v) is 11.6. The average molecular weight is 295 g/mol. The number of hydrogen-bond donors (Lipinski definition) is 3. The minimum absolute atomic E-state index is 0.0800. The fourth-order valence-electron chi connectivity index (χ4n) is 2.12. The van der Waals surface area contributed by atoms with Gasteiger partial charge in [0, 0.05) is 38.4 Å². The molecule has 1 atom stereocenters. The molecule has 1 unspecified atom stereocenters. The third-order valence-corrected chi connectivity index (χ3v) is 3.31. The molecule has 1 fully saturated rings. The van der Waals surface area contributed by atoms with Gasteiger partial charge in [0.1, 0.15) is 12.6 Å². The standard InChI is InChI=1S/C12H17N5O4/c1-16-8(3-5-15-16)2-4-13-12(21)17-7-10(18)14-6-9(17)11(19)20/h3,5,9H,2,4,6-7H2,1H3,(H,13,21)(H,14,18)(H,19,20). The van der Waals surface area contributed by atoms with Crippen LogP contribution in [0, 0.1) is 0 Å². The first-order chi connectivity index (χ1) is 9.99. The molecule has 0 aromatic carbocycles. The molecule has 3 amide bonds. The second kappa shape index (κ2) is 6.25. The molecular formula is C12H17N5O4. The molecule has 0 saturated carbocycles. The second-order valence-electron chi connectivity index (χ2n) is 4.71. The summed E-state index contributed by atoms with van der Waals surface area (Å²) < 4.78 is 1.69. The Kier molecular flexibility index (Phi) is 4.41. The second-order valence-corrected chi connectivity index (χ2v) is 4.71. The molecule has 2 heterocycles. The van der Waals surface area contributed by atoms with Crippen molar-refractivity contribution >= 4 is 17.9 Å². The predicted molar refractivity (Wildman–Crippen MR) is 71.5 cm³/mol. The van der Waals surface area contributed by atoms with Crippen molar-refractivity contribution in [1.29, 1.82) is 0 Å². The summed E-state index contributed by atoms with van der Waals surface area (Å²) in [5, 5.41) is 18.1. The van der Waals surface area contributed by atoms with E-state index in [1.807, 2.05) is 6.07 Å². The molecule has 2 rings (SSSR count). The molecule has 0 aliphatic carbocycles. The quantitative estimate of drug-likeness (QED) is 0.629. The third-order valence-electron chi connectivity index (χ3n) is 3.31. The van der Waals surface area contributed by atoms with Crippen LogP contribution in [0.3, 0.4) is 0 Å². The Bertz CT molecular complexity index is 556. The number of urea groups is 1. The monoisotopic (exact) mass is 295 g/mol. The zero-order chi connectivity index (χ0) is 15.4. The minimum Gasteiger partial charge on any atom is -0.480 e. The number of nitrogens with zero attached hydrogens (tertiary/aromatic N) is 3. The molecule has 1 aromatic heterocycles. The first-order valence-corrected chi connectivity index (χ1v) is 6.50. The van der Waals surface area contributed by atoms with E-state index >= 15 is 0 Å².